The number of nitrogens with one attached hydrogen (secondary N) is 1. The summed E-state index contributed by atoms with van der Waals surface area (Å²) in [6, 6.07) is 24.9. The lowest BCUT2D eigenvalue weighted by Crippen LogP contribution is -2.46. The average molecular weight is 386 g/mol. The Kier molecular flexibility index (Phi) is 5.29. The van der Waals surface area contributed by atoms with Crippen LogP contribution in [0.4, 0.5) is 5.69 Å². The molecule has 1 heterocycles. The number of hydrogen-bond donors (Lipinski definition) is 1. The van der Waals surface area contributed by atoms with Gasteiger partial charge in [-0.1, -0.05) is 66.7 Å². The number of anilines is 1. The molecule has 2 amide bonds. The number of benzene rings is 3. The highest BCUT2D eigenvalue weighted by Crippen LogP contribution is 2.32. The summed E-state index contributed by atoms with van der Waals surface area (Å²) in [5.74, 6) is 0.158. The highest BCUT2D eigenvalue weighted by Gasteiger charge is 2.28. The smallest absolute Gasteiger partial charge is 0.265 e. The standard InChI is InChI=1S/C24H22N2O3/c1-17-12-13-21-20(14-17)26(23(28)16-29-21)15-22(27)25-24(18-8-4-2-5-9-18)19-10-6-3-7-11-19/h2-14,24H,15-16H2,1H3,(H,25,27). The van der Waals surface area contributed by atoms with Crippen LogP contribution in [-0.2, 0) is 9.59 Å². The number of carbonyl (C=O) groups excluding carboxylic acids is 2. The molecule has 0 fully saturated rings. The molecule has 1 N–H and O–H groups in total. The summed E-state index contributed by atoms with van der Waals surface area (Å²) < 4.78 is 5.50. The van der Waals surface area contributed by atoms with Gasteiger partial charge >= 0.3 is 0 Å². The first-order chi connectivity index (χ1) is 14.1. The van der Waals surface area contributed by atoms with Gasteiger partial charge in [-0.2, -0.15) is 0 Å². The van der Waals surface area contributed by atoms with Gasteiger partial charge in [0.2, 0.25) is 5.91 Å². The van der Waals surface area contributed by atoms with Crippen LogP contribution in [0.15, 0.2) is 78.9 Å². The molecule has 0 bridgehead atoms. The average Bonchev–Trinajstić information content (AvgIpc) is 2.75. The maximum absolute atomic E-state index is 13.0. The fourth-order valence-electron chi connectivity index (χ4n) is 3.49. The second-order valence-corrected chi connectivity index (χ2v) is 7.06. The molecule has 3 aromatic carbocycles. The summed E-state index contributed by atoms with van der Waals surface area (Å²) in [5.41, 5.74) is 3.60. The van der Waals surface area contributed by atoms with Gasteiger partial charge in [0.1, 0.15) is 12.3 Å². The van der Waals surface area contributed by atoms with Crippen molar-refractivity contribution in [1.29, 1.82) is 0 Å². The van der Waals surface area contributed by atoms with Gasteiger partial charge in [0.15, 0.2) is 6.61 Å². The van der Waals surface area contributed by atoms with Gasteiger partial charge in [-0.3, -0.25) is 14.5 Å². The van der Waals surface area contributed by atoms with Crippen molar-refractivity contribution in [3.05, 3.63) is 95.6 Å². The number of hydrogen-bond acceptors (Lipinski definition) is 3. The predicted octanol–water partition coefficient (Wildman–Crippen LogP) is 3.63. The van der Waals surface area contributed by atoms with Crippen molar-refractivity contribution >= 4 is 17.5 Å². The van der Waals surface area contributed by atoms with Crippen molar-refractivity contribution in [3.63, 3.8) is 0 Å². The second kappa shape index (κ2) is 8.19. The van der Waals surface area contributed by atoms with Gasteiger partial charge in [0.25, 0.3) is 5.91 Å². The molecule has 1 aliphatic rings. The summed E-state index contributed by atoms with van der Waals surface area (Å²) >= 11 is 0. The summed E-state index contributed by atoms with van der Waals surface area (Å²) in [5, 5.41) is 3.09. The Morgan fingerprint density at radius 3 is 2.24 bits per heavy atom. The zero-order valence-electron chi connectivity index (χ0n) is 16.2. The molecule has 1 aliphatic heterocycles. The molecule has 0 radical (unpaired) electrons. The molecule has 5 heteroatoms. The van der Waals surface area contributed by atoms with Crippen molar-refractivity contribution in [1.82, 2.24) is 5.32 Å². The quantitative estimate of drug-likeness (QED) is 0.729. The van der Waals surface area contributed by atoms with Crippen LogP contribution in [0.25, 0.3) is 0 Å². The van der Waals surface area contributed by atoms with E-state index in [1.165, 1.54) is 4.90 Å². The van der Waals surface area contributed by atoms with Gasteiger partial charge in [0.05, 0.1) is 11.7 Å². The number of nitrogens with zero attached hydrogens (tertiary/aromatic N) is 1. The number of rotatable bonds is 5. The summed E-state index contributed by atoms with van der Waals surface area (Å²) in [4.78, 5) is 26.9. The predicted molar refractivity (Wildman–Crippen MR) is 112 cm³/mol. The van der Waals surface area contributed by atoms with Crippen molar-refractivity contribution in [2.75, 3.05) is 18.1 Å². The molecule has 146 valence electrons. The van der Waals surface area contributed by atoms with E-state index in [1.807, 2.05) is 85.8 Å². The summed E-state index contributed by atoms with van der Waals surface area (Å²) in [6.45, 7) is 1.82. The van der Waals surface area contributed by atoms with Gasteiger partial charge in [0, 0.05) is 0 Å². The van der Waals surface area contributed by atoms with E-state index in [9.17, 15) is 9.59 Å². The molecule has 0 unspecified atom stereocenters. The molecule has 4 rings (SSSR count). The van der Waals surface area contributed by atoms with Crippen LogP contribution in [0.3, 0.4) is 0 Å². The Balaban J connectivity index is 1.58. The van der Waals surface area contributed by atoms with Crippen LogP contribution in [-0.4, -0.2) is 25.0 Å². The third-order valence-corrected chi connectivity index (χ3v) is 4.93. The van der Waals surface area contributed by atoms with Crippen molar-refractivity contribution < 1.29 is 14.3 Å². The maximum Gasteiger partial charge on any atom is 0.265 e. The monoisotopic (exact) mass is 386 g/mol. The minimum absolute atomic E-state index is 0.0607. The molecule has 29 heavy (non-hydrogen) atoms. The minimum atomic E-state index is -0.293. The number of carbonyl (C=O) groups is 2. The van der Waals surface area contributed by atoms with Crippen molar-refractivity contribution in [3.8, 4) is 5.75 Å². The molecule has 0 atom stereocenters. The summed E-state index contributed by atoms with van der Waals surface area (Å²) in [7, 11) is 0. The fraction of sp³-hybridized carbons (Fsp3) is 0.167. The molecule has 0 aromatic heterocycles. The van der Waals surface area contributed by atoms with Gasteiger partial charge < -0.3 is 10.1 Å². The van der Waals surface area contributed by atoms with Crippen molar-refractivity contribution in [2.45, 2.75) is 13.0 Å². The van der Waals surface area contributed by atoms with E-state index in [4.69, 9.17) is 4.74 Å². The fourth-order valence-corrected chi connectivity index (χ4v) is 3.49. The Hall–Kier alpha value is -3.60. The molecule has 0 saturated carbocycles. The first kappa shape index (κ1) is 18.7. The zero-order chi connectivity index (χ0) is 20.2. The van der Waals surface area contributed by atoms with Crippen molar-refractivity contribution in [2.24, 2.45) is 0 Å². The molecule has 3 aromatic rings. The lowest BCUT2D eigenvalue weighted by atomic mass is 9.98. The Labute approximate surface area is 169 Å². The lowest BCUT2D eigenvalue weighted by molar-refractivity contribution is -0.125. The van der Waals surface area contributed by atoms with Crippen LogP contribution in [0.5, 0.6) is 5.75 Å². The van der Waals surface area contributed by atoms with Gasteiger partial charge in [-0.15, -0.1) is 0 Å². The highest BCUT2D eigenvalue weighted by atomic mass is 16.5. The Bertz CT molecular complexity index is 979. The third kappa shape index (κ3) is 4.14. The Morgan fingerprint density at radius 1 is 1.00 bits per heavy atom. The largest absolute Gasteiger partial charge is 0.482 e. The van der Waals surface area contributed by atoms with E-state index in [0.29, 0.717) is 11.4 Å². The maximum atomic E-state index is 13.0. The van der Waals surface area contributed by atoms with E-state index in [2.05, 4.69) is 5.32 Å². The summed E-state index contributed by atoms with van der Waals surface area (Å²) in [6.07, 6.45) is 0. The lowest BCUT2D eigenvalue weighted by Gasteiger charge is -2.30. The number of ether oxygens (including phenoxy) is 1. The number of aryl methyl sites for hydroxylation is 1. The van der Waals surface area contributed by atoms with E-state index >= 15 is 0 Å². The molecule has 0 aliphatic carbocycles. The van der Waals surface area contributed by atoms with Crippen LogP contribution in [0, 0.1) is 6.92 Å². The zero-order valence-corrected chi connectivity index (χ0v) is 16.2. The van der Waals surface area contributed by atoms with E-state index in [-0.39, 0.29) is 31.0 Å². The van der Waals surface area contributed by atoms with Crippen LogP contribution < -0.4 is 15.0 Å². The SMILES string of the molecule is Cc1ccc2c(c1)N(CC(=O)NC(c1ccccc1)c1ccccc1)C(=O)CO2. The van der Waals surface area contributed by atoms with E-state index in [0.717, 1.165) is 16.7 Å². The van der Waals surface area contributed by atoms with E-state index in [1.54, 1.807) is 0 Å². The first-order valence-electron chi connectivity index (χ1n) is 9.55. The molecule has 5 nitrogen and oxygen atoms in total. The van der Waals surface area contributed by atoms with Gasteiger partial charge in [-0.05, 0) is 35.7 Å². The van der Waals surface area contributed by atoms with E-state index < -0.39 is 0 Å². The highest BCUT2D eigenvalue weighted by molar-refractivity contribution is 6.02. The Morgan fingerprint density at radius 2 is 1.62 bits per heavy atom. The molecular weight excluding hydrogens is 364 g/mol. The topological polar surface area (TPSA) is 58.6 Å². The third-order valence-electron chi connectivity index (χ3n) is 4.93. The minimum Gasteiger partial charge on any atom is -0.482 e. The molecular formula is C24H22N2O3. The normalized spacial score (nSPS) is 13.0. The first-order valence-corrected chi connectivity index (χ1v) is 9.55. The van der Waals surface area contributed by atoms with Gasteiger partial charge in [-0.25, -0.2) is 0 Å². The molecule has 0 saturated heterocycles. The number of fused-ring (bicyclic) bond motifs is 1. The second-order valence-electron chi connectivity index (χ2n) is 7.06. The number of amides is 2. The van der Waals surface area contributed by atoms with Crippen LogP contribution in [0.1, 0.15) is 22.7 Å². The molecule has 0 spiro atoms. The van der Waals surface area contributed by atoms with Crippen LogP contribution in [0.2, 0.25) is 0 Å². The van der Waals surface area contributed by atoms with Crippen LogP contribution >= 0.6 is 0 Å².